The largest absolute Gasteiger partial charge is 0.495 e. The minimum Gasteiger partial charge on any atom is -0.495 e. The molecule has 1 aliphatic rings. The highest BCUT2D eigenvalue weighted by molar-refractivity contribution is 7.89. The quantitative estimate of drug-likeness (QED) is 0.552. The first kappa shape index (κ1) is 23.3. The second kappa shape index (κ2) is 9.54. The summed E-state index contributed by atoms with van der Waals surface area (Å²) in [5, 5.41) is 4.08. The summed E-state index contributed by atoms with van der Waals surface area (Å²) in [6.45, 7) is 5.81. The van der Waals surface area contributed by atoms with E-state index in [2.05, 4.69) is 23.3 Å². The van der Waals surface area contributed by atoms with Gasteiger partial charge in [-0.3, -0.25) is 4.79 Å². The number of methoxy groups -OCH3 is 1. The van der Waals surface area contributed by atoms with Crippen molar-refractivity contribution in [2.75, 3.05) is 33.4 Å². The third-order valence-corrected chi connectivity index (χ3v) is 7.96. The van der Waals surface area contributed by atoms with Gasteiger partial charge in [-0.05, 0) is 54.8 Å². The molecule has 4 rings (SSSR count). The van der Waals surface area contributed by atoms with Crippen LogP contribution in [0.4, 0.5) is 0 Å². The molecule has 33 heavy (non-hydrogen) atoms. The third-order valence-electron chi connectivity index (χ3n) is 6.04. The van der Waals surface area contributed by atoms with Crippen molar-refractivity contribution in [3.63, 3.8) is 0 Å². The van der Waals surface area contributed by atoms with Gasteiger partial charge in [0.15, 0.2) is 0 Å². The molecule has 2 aromatic carbocycles. The van der Waals surface area contributed by atoms with Gasteiger partial charge in [0.05, 0.1) is 26.7 Å². The zero-order valence-electron chi connectivity index (χ0n) is 19.1. The van der Waals surface area contributed by atoms with E-state index in [-0.39, 0.29) is 23.0 Å². The number of hydrogen-bond acceptors (Lipinski definition) is 5. The van der Waals surface area contributed by atoms with Crippen molar-refractivity contribution in [1.82, 2.24) is 14.6 Å². The first-order chi connectivity index (χ1) is 15.8. The number of nitrogens with zero attached hydrogens (tertiary/aromatic N) is 1. The number of fused-ring (bicyclic) bond motifs is 1. The van der Waals surface area contributed by atoms with Crippen LogP contribution in [0.5, 0.6) is 5.75 Å². The first-order valence-electron chi connectivity index (χ1n) is 10.9. The Labute approximate surface area is 193 Å². The molecule has 9 heteroatoms. The van der Waals surface area contributed by atoms with Crippen LogP contribution in [0.15, 0.2) is 41.3 Å². The van der Waals surface area contributed by atoms with Crippen LogP contribution in [-0.4, -0.2) is 57.0 Å². The summed E-state index contributed by atoms with van der Waals surface area (Å²) in [4.78, 5) is 16.0. The van der Waals surface area contributed by atoms with E-state index in [1.54, 1.807) is 12.1 Å². The molecule has 3 aromatic rings. The van der Waals surface area contributed by atoms with Crippen LogP contribution >= 0.6 is 0 Å². The Bertz CT molecular complexity index is 1280. The number of sulfonamides is 1. The van der Waals surface area contributed by atoms with Crippen molar-refractivity contribution in [1.29, 1.82) is 0 Å². The van der Waals surface area contributed by atoms with E-state index in [0.29, 0.717) is 38.4 Å². The van der Waals surface area contributed by atoms with Crippen molar-refractivity contribution in [3.05, 3.63) is 58.8 Å². The van der Waals surface area contributed by atoms with Crippen molar-refractivity contribution < 1.29 is 22.7 Å². The number of aromatic amines is 1. The Kier molecular flexibility index (Phi) is 6.73. The lowest BCUT2D eigenvalue weighted by atomic mass is 10.1. The Morgan fingerprint density at radius 1 is 1.12 bits per heavy atom. The predicted octanol–water partition coefficient (Wildman–Crippen LogP) is 2.67. The molecule has 2 heterocycles. The fourth-order valence-corrected chi connectivity index (χ4v) is 5.64. The van der Waals surface area contributed by atoms with Gasteiger partial charge < -0.3 is 19.8 Å². The molecule has 0 bridgehead atoms. The van der Waals surface area contributed by atoms with Gasteiger partial charge in [-0.1, -0.05) is 12.1 Å². The van der Waals surface area contributed by atoms with Crippen LogP contribution in [0.3, 0.4) is 0 Å². The standard InChI is InChI=1S/C24H29N3O5S/c1-16-17(2)26-21-6-4-19(12-20(16)21)15-25-24(28)14-18-5-7-22(31-3)23(13-18)33(29,30)27-8-10-32-11-9-27/h4-7,12-13,26H,8-11,14-15H2,1-3H3,(H,25,28). The maximum absolute atomic E-state index is 13.1. The molecule has 8 nitrogen and oxygen atoms in total. The van der Waals surface area contributed by atoms with E-state index in [1.807, 2.05) is 19.1 Å². The number of H-pyrrole nitrogens is 1. The molecule has 1 saturated heterocycles. The summed E-state index contributed by atoms with van der Waals surface area (Å²) in [6, 6.07) is 10.9. The van der Waals surface area contributed by atoms with Crippen LogP contribution in [0.2, 0.25) is 0 Å². The highest BCUT2D eigenvalue weighted by Crippen LogP contribution is 2.28. The van der Waals surface area contributed by atoms with Crippen LogP contribution in [0.25, 0.3) is 10.9 Å². The van der Waals surface area contributed by atoms with Crippen molar-refractivity contribution in [2.24, 2.45) is 0 Å². The molecular formula is C24H29N3O5S. The molecule has 1 aliphatic heterocycles. The Balaban J connectivity index is 1.47. The molecule has 0 unspecified atom stereocenters. The number of aryl methyl sites for hydroxylation is 2. The van der Waals surface area contributed by atoms with E-state index < -0.39 is 10.0 Å². The summed E-state index contributed by atoms with van der Waals surface area (Å²) >= 11 is 0. The molecule has 176 valence electrons. The smallest absolute Gasteiger partial charge is 0.246 e. The van der Waals surface area contributed by atoms with Gasteiger partial charge in [-0.2, -0.15) is 4.31 Å². The van der Waals surface area contributed by atoms with Crippen molar-refractivity contribution >= 4 is 26.8 Å². The zero-order chi connectivity index (χ0) is 23.6. The normalized spacial score (nSPS) is 15.0. The van der Waals surface area contributed by atoms with Crippen LogP contribution < -0.4 is 10.1 Å². The van der Waals surface area contributed by atoms with Gasteiger partial charge >= 0.3 is 0 Å². The number of amides is 1. The zero-order valence-corrected chi connectivity index (χ0v) is 19.9. The highest BCUT2D eigenvalue weighted by Gasteiger charge is 2.29. The SMILES string of the molecule is COc1ccc(CC(=O)NCc2ccc3[nH]c(C)c(C)c3c2)cc1S(=O)(=O)N1CCOCC1. The maximum Gasteiger partial charge on any atom is 0.246 e. The van der Waals surface area contributed by atoms with Gasteiger partial charge in [0, 0.05) is 36.2 Å². The number of benzene rings is 2. The summed E-state index contributed by atoms with van der Waals surface area (Å²) in [6.07, 6.45) is 0.0696. The number of rotatable bonds is 7. The Morgan fingerprint density at radius 2 is 1.85 bits per heavy atom. The predicted molar refractivity (Wildman–Crippen MR) is 126 cm³/mol. The molecule has 0 spiro atoms. The topological polar surface area (TPSA) is 101 Å². The van der Waals surface area contributed by atoms with E-state index in [9.17, 15) is 13.2 Å². The second-order valence-electron chi connectivity index (χ2n) is 8.21. The van der Waals surface area contributed by atoms with Crippen LogP contribution in [0.1, 0.15) is 22.4 Å². The Morgan fingerprint density at radius 3 is 2.58 bits per heavy atom. The lowest BCUT2D eigenvalue weighted by Gasteiger charge is -2.26. The molecule has 0 saturated carbocycles. The monoisotopic (exact) mass is 471 g/mol. The van der Waals surface area contributed by atoms with Crippen LogP contribution in [-0.2, 0) is 32.5 Å². The van der Waals surface area contributed by atoms with Gasteiger partial charge in [-0.15, -0.1) is 0 Å². The number of morpholine rings is 1. The number of nitrogens with one attached hydrogen (secondary N) is 2. The molecular weight excluding hydrogens is 442 g/mol. The van der Waals surface area contributed by atoms with Gasteiger partial charge in [-0.25, -0.2) is 8.42 Å². The lowest BCUT2D eigenvalue weighted by Crippen LogP contribution is -2.40. The number of carbonyl (C=O) groups excluding carboxylic acids is 1. The number of aromatic nitrogens is 1. The lowest BCUT2D eigenvalue weighted by molar-refractivity contribution is -0.120. The molecule has 0 atom stereocenters. The first-order valence-corrected chi connectivity index (χ1v) is 12.3. The van der Waals surface area contributed by atoms with E-state index in [4.69, 9.17) is 9.47 Å². The molecule has 2 N–H and O–H groups in total. The van der Waals surface area contributed by atoms with Gasteiger partial charge in [0.25, 0.3) is 0 Å². The molecule has 1 fully saturated rings. The molecule has 1 aromatic heterocycles. The van der Waals surface area contributed by atoms with E-state index >= 15 is 0 Å². The molecule has 1 amide bonds. The number of ether oxygens (including phenoxy) is 2. The summed E-state index contributed by atoms with van der Waals surface area (Å²) < 4.78 is 38.2. The number of carbonyl (C=O) groups is 1. The summed E-state index contributed by atoms with van der Waals surface area (Å²) in [5.74, 6) is 0.0769. The molecule has 0 aliphatic carbocycles. The van der Waals surface area contributed by atoms with Crippen molar-refractivity contribution in [2.45, 2.75) is 31.7 Å². The van der Waals surface area contributed by atoms with Gasteiger partial charge in [0.2, 0.25) is 15.9 Å². The van der Waals surface area contributed by atoms with Crippen LogP contribution in [0, 0.1) is 13.8 Å². The van der Waals surface area contributed by atoms with Crippen molar-refractivity contribution in [3.8, 4) is 5.75 Å². The maximum atomic E-state index is 13.1. The third kappa shape index (κ3) is 4.90. The van der Waals surface area contributed by atoms with E-state index in [1.165, 1.54) is 23.0 Å². The minimum atomic E-state index is -3.75. The number of hydrogen-bond donors (Lipinski definition) is 2. The molecule has 0 radical (unpaired) electrons. The fraction of sp³-hybridized carbons (Fsp3) is 0.375. The minimum absolute atomic E-state index is 0.0696. The average Bonchev–Trinajstić information content (AvgIpc) is 3.11. The average molecular weight is 472 g/mol. The van der Waals surface area contributed by atoms with Gasteiger partial charge in [0.1, 0.15) is 10.6 Å². The second-order valence-corrected chi connectivity index (χ2v) is 10.1. The Hall–Kier alpha value is -2.88. The summed E-state index contributed by atoms with van der Waals surface area (Å²) in [5.41, 5.74) is 5.02. The highest BCUT2D eigenvalue weighted by atomic mass is 32.2. The fourth-order valence-electron chi connectivity index (χ4n) is 4.03. The van der Waals surface area contributed by atoms with E-state index in [0.717, 1.165) is 22.2 Å². The summed E-state index contributed by atoms with van der Waals surface area (Å²) in [7, 11) is -2.31.